The first-order chi connectivity index (χ1) is 6.40. The van der Waals surface area contributed by atoms with Crippen molar-refractivity contribution in [3.05, 3.63) is 0 Å². The quantitative estimate of drug-likeness (QED) is 0.692. The topological polar surface area (TPSA) is 38.5 Å². The number of hydrogen-bond donors (Lipinski definition) is 1. The summed E-state index contributed by atoms with van der Waals surface area (Å²) >= 11 is 0. The van der Waals surface area contributed by atoms with Gasteiger partial charge >= 0.3 is 0 Å². The second-order valence-corrected chi connectivity index (χ2v) is 4.17. The largest absolute Gasteiger partial charge is 0.377 e. The van der Waals surface area contributed by atoms with Crippen molar-refractivity contribution in [3.63, 3.8) is 0 Å². The van der Waals surface area contributed by atoms with Gasteiger partial charge in [0.25, 0.3) is 0 Å². The Morgan fingerprint density at radius 1 is 1.15 bits per heavy atom. The molecule has 1 unspecified atom stereocenters. The summed E-state index contributed by atoms with van der Waals surface area (Å²) in [6, 6.07) is 0. The lowest BCUT2D eigenvalue weighted by molar-refractivity contribution is 0.0132. The predicted molar refractivity (Wildman–Crippen MR) is 52.6 cm³/mol. The van der Waals surface area contributed by atoms with Crippen LogP contribution in [0.1, 0.15) is 19.3 Å². The zero-order chi connectivity index (χ0) is 9.10. The maximum atomic E-state index is 5.79. The number of ether oxygens (including phenoxy) is 1. The summed E-state index contributed by atoms with van der Waals surface area (Å²) in [4.78, 5) is 2.56. The van der Waals surface area contributed by atoms with Gasteiger partial charge in [0.05, 0.1) is 12.7 Å². The van der Waals surface area contributed by atoms with E-state index in [1.807, 2.05) is 0 Å². The van der Waals surface area contributed by atoms with E-state index in [-0.39, 0.29) is 0 Å². The van der Waals surface area contributed by atoms with Gasteiger partial charge in [-0.3, -0.25) is 0 Å². The molecule has 3 saturated heterocycles. The van der Waals surface area contributed by atoms with Crippen LogP contribution in [0.5, 0.6) is 0 Å². The molecular formula is C10H20N2O. The van der Waals surface area contributed by atoms with Crippen molar-refractivity contribution in [2.24, 2.45) is 11.7 Å². The molecule has 2 N–H and O–H groups in total. The predicted octanol–water partition coefficient (Wildman–Crippen LogP) is 0.446. The van der Waals surface area contributed by atoms with Crippen LogP contribution in [-0.2, 0) is 4.74 Å². The molecule has 0 aliphatic carbocycles. The maximum absolute atomic E-state index is 5.79. The zero-order valence-corrected chi connectivity index (χ0v) is 8.24. The minimum Gasteiger partial charge on any atom is -0.377 e. The Hall–Kier alpha value is -0.120. The van der Waals surface area contributed by atoms with Crippen LogP contribution in [0, 0.1) is 5.92 Å². The fourth-order valence-electron chi connectivity index (χ4n) is 2.53. The van der Waals surface area contributed by atoms with Crippen molar-refractivity contribution >= 4 is 0 Å². The molecule has 3 heterocycles. The molecule has 3 aliphatic heterocycles. The molecule has 0 saturated carbocycles. The summed E-state index contributed by atoms with van der Waals surface area (Å²) in [6.45, 7) is 5.19. The van der Waals surface area contributed by atoms with Crippen LogP contribution in [0.15, 0.2) is 0 Å². The highest BCUT2D eigenvalue weighted by atomic mass is 16.5. The molecule has 3 heteroatoms. The van der Waals surface area contributed by atoms with Gasteiger partial charge in [-0.2, -0.15) is 0 Å². The normalized spacial score (nSPS) is 39.0. The van der Waals surface area contributed by atoms with E-state index < -0.39 is 0 Å². The van der Waals surface area contributed by atoms with Crippen LogP contribution in [-0.4, -0.2) is 43.8 Å². The third kappa shape index (κ3) is 2.22. The summed E-state index contributed by atoms with van der Waals surface area (Å²) in [5.74, 6) is 0.810. The summed E-state index contributed by atoms with van der Waals surface area (Å²) in [6.07, 6.45) is 4.37. The standard InChI is InChI=1S/C10H20N2O/c11-4-8-13-10-3-7-12-5-1-9(10)2-6-12/h9-10H,1-8,11H2. The van der Waals surface area contributed by atoms with Crippen LogP contribution in [0.4, 0.5) is 0 Å². The van der Waals surface area contributed by atoms with Gasteiger partial charge in [0.15, 0.2) is 0 Å². The second-order valence-electron chi connectivity index (χ2n) is 4.17. The molecule has 13 heavy (non-hydrogen) atoms. The van der Waals surface area contributed by atoms with Crippen LogP contribution >= 0.6 is 0 Å². The van der Waals surface area contributed by atoms with E-state index in [2.05, 4.69) is 4.90 Å². The Balaban J connectivity index is 1.87. The van der Waals surface area contributed by atoms with Crippen molar-refractivity contribution < 1.29 is 4.74 Å². The van der Waals surface area contributed by atoms with Crippen molar-refractivity contribution in [3.8, 4) is 0 Å². The van der Waals surface area contributed by atoms with E-state index >= 15 is 0 Å². The van der Waals surface area contributed by atoms with Gasteiger partial charge in [-0.15, -0.1) is 0 Å². The Morgan fingerprint density at radius 3 is 2.54 bits per heavy atom. The molecule has 76 valence electrons. The first-order valence-electron chi connectivity index (χ1n) is 5.44. The maximum Gasteiger partial charge on any atom is 0.0617 e. The highest BCUT2D eigenvalue weighted by Gasteiger charge is 2.31. The van der Waals surface area contributed by atoms with Gasteiger partial charge in [0.2, 0.25) is 0 Å². The molecule has 0 spiro atoms. The molecular weight excluding hydrogens is 164 g/mol. The van der Waals surface area contributed by atoms with Crippen molar-refractivity contribution in [2.75, 3.05) is 32.8 Å². The smallest absolute Gasteiger partial charge is 0.0617 e. The molecule has 2 bridgehead atoms. The number of hydrogen-bond acceptors (Lipinski definition) is 3. The van der Waals surface area contributed by atoms with Gasteiger partial charge in [-0.25, -0.2) is 0 Å². The first-order valence-corrected chi connectivity index (χ1v) is 5.44. The fourth-order valence-corrected chi connectivity index (χ4v) is 2.53. The van der Waals surface area contributed by atoms with Crippen molar-refractivity contribution in [1.29, 1.82) is 0 Å². The molecule has 0 aromatic rings. The average molecular weight is 184 g/mol. The van der Waals surface area contributed by atoms with E-state index in [4.69, 9.17) is 10.5 Å². The number of rotatable bonds is 3. The molecule has 3 nitrogen and oxygen atoms in total. The minimum atomic E-state index is 0.496. The van der Waals surface area contributed by atoms with Gasteiger partial charge in [-0.1, -0.05) is 0 Å². The van der Waals surface area contributed by atoms with Gasteiger partial charge in [0, 0.05) is 13.1 Å². The summed E-state index contributed by atoms with van der Waals surface area (Å²) in [5.41, 5.74) is 5.45. The summed E-state index contributed by atoms with van der Waals surface area (Å²) < 4.78 is 5.79. The van der Waals surface area contributed by atoms with E-state index in [0.717, 1.165) is 12.5 Å². The SMILES string of the molecule is NCCOC1CCN2CCC1CC2. The summed E-state index contributed by atoms with van der Waals surface area (Å²) in [7, 11) is 0. The Bertz CT molecular complexity index is 155. The van der Waals surface area contributed by atoms with E-state index in [1.165, 1.54) is 38.9 Å². The summed E-state index contributed by atoms with van der Waals surface area (Å²) in [5, 5.41) is 0. The van der Waals surface area contributed by atoms with E-state index in [9.17, 15) is 0 Å². The molecule has 3 fully saturated rings. The number of fused-ring (bicyclic) bond motifs is 4. The van der Waals surface area contributed by atoms with Crippen LogP contribution < -0.4 is 5.73 Å². The average Bonchev–Trinajstić information content (AvgIpc) is 2.48. The number of nitrogens with zero attached hydrogens (tertiary/aromatic N) is 1. The van der Waals surface area contributed by atoms with Crippen LogP contribution in [0.3, 0.4) is 0 Å². The molecule has 3 rings (SSSR count). The fraction of sp³-hybridized carbons (Fsp3) is 1.00. The Morgan fingerprint density at radius 2 is 1.85 bits per heavy atom. The highest BCUT2D eigenvalue weighted by molar-refractivity contribution is 4.83. The lowest BCUT2D eigenvalue weighted by atomic mass is 9.93. The minimum absolute atomic E-state index is 0.496. The van der Waals surface area contributed by atoms with E-state index in [0.29, 0.717) is 12.6 Å². The van der Waals surface area contributed by atoms with Crippen molar-refractivity contribution in [2.45, 2.75) is 25.4 Å². The molecule has 0 aromatic carbocycles. The first kappa shape index (κ1) is 9.44. The lowest BCUT2D eigenvalue weighted by Crippen LogP contribution is -2.32. The van der Waals surface area contributed by atoms with Crippen LogP contribution in [0.2, 0.25) is 0 Å². The third-order valence-corrected chi connectivity index (χ3v) is 3.34. The number of piperidine rings is 1. The third-order valence-electron chi connectivity index (χ3n) is 3.34. The lowest BCUT2D eigenvalue weighted by Gasteiger charge is -2.28. The molecule has 1 atom stereocenters. The monoisotopic (exact) mass is 184 g/mol. The zero-order valence-electron chi connectivity index (χ0n) is 8.24. The van der Waals surface area contributed by atoms with E-state index in [1.54, 1.807) is 0 Å². The van der Waals surface area contributed by atoms with Gasteiger partial charge in [0.1, 0.15) is 0 Å². The molecule has 0 aromatic heterocycles. The number of nitrogens with two attached hydrogens (primary N) is 1. The highest BCUT2D eigenvalue weighted by Crippen LogP contribution is 2.28. The second kappa shape index (κ2) is 4.40. The Kier molecular flexibility index (Phi) is 3.19. The van der Waals surface area contributed by atoms with Gasteiger partial charge in [-0.05, 0) is 38.3 Å². The Labute approximate surface area is 80.2 Å². The van der Waals surface area contributed by atoms with Crippen molar-refractivity contribution in [1.82, 2.24) is 4.90 Å². The van der Waals surface area contributed by atoms with Gasteiger partial charge < -0.3 is 15.4 Å². The molecule has 0 radical (unpaired) electrons. The molecule has 3 aliphatic rings. The van der Waals surface area contributed by atoms with Crippen LogP contribution in [0.25, 0.3) is 0 Å². The molecule has 0 amide bonds.